The zero-order valence-corrected chi connectivity index (χ0v) is 18.5. The third kappa shape index (κ3) is 4.11. The standard InChI is InChI=1S/C22H24N6O3S/c1-16-6-8-23-21(14-16)24-20-4-5-22(26-25-20)27-9-11-28(12-10-27)32(29,30)18-2-3-19-17(15-18)7-13-31-19/h2-6,8,14-15H,7,9-13H2,1H3,(H,23,24,25). The van der Waals surface area contributed by atoms with E-state index in [1.54, 1.807) is 24.4 Å². The van der Waals surface area contributed by atoms with Crippen molar-refractivity contribution >= 4 is 27.5 Å². The van der Waals surface area contributed by atoms with Crippen LogP contribution in [0, 0.1) is 6.92 Å². The fraction of sp³-hybridized carbons (Fsp3) is 0.318. The average molecular weight is 453 g/mol. The molecule has 166 valence electrons. The summed E-state index contributed by atoms with van der Waals surface area (Å²) in [7, 11) is -3.54. The van der Waals surface area contributed by atoms with Gasteiger partial charge in [0.1, 0.15) is 11.6 Å². The molecule has 9 nitrogen and oxygen atoms in total. The summed E-state index contributed by atoms with van der Waals surface area (Å²) in [5.41, 5.74) is 2.06. The maximum atomic E-state index is 13.1. The molecule has 4 heterocycles. The van der Waals surface area contributed by atoms with Crippen LogP contribution in [0.25, 0.3) is 0 Å². The summed E-state index contributed by atoms with van der Waals surface area (Å²) >= 11 is 0. The Balaban J connectivity index is 1.22. The van der Waals surface area contributed by atoms with Crippen molar-refractivity contribution in [3.8, 4) is 5.75 Å². The maximum Gasteiger partial charge on any atom is 0.243 e. The first-order valence-electron chi connectivity index (χ1n) is 10.5. The van der Waals surface area contributed by atoms with E-state index in [2.05, 4.69) is 20.5 Å². The Hall–Kier alpha value is -3.24. The van der Waals surface area contributed by atoms with Gasteiger partial charge in [0.05, 0.1) is 11.5 Å². The van der Waals surface area contributed by atoms with Crippen LogP contribution in [0.15, 0.2) is 53.6 Å². The summed E-state index contributed by atoms with van der Waals surface area (Å²) in [5.74, 6) is 2.82. The van der Waals surface area contributed by atoms with Crippen LogP contribution in [0.5, 0.6) is 5.75 Å². The van der Waals surface area contributed by atoms with E-state index >= 15 is 0 Å². The van der Waals surface area contributed by atoms with E-state index in [0.29, 0.717) is 49.3 Å². The fourth-order valence-corrected chi connectivity index (χ4v) is 5.40. The molecule has 5 rings (SSSR count). The Bertz CT molecular complexity index is 1220. The number of ether oxygens (including phenoxy) is 1. The predicted octanol–water partition coefficient (Wildman–Crippen LogP) is 2.37. The molecule has 0 bridgehead atoms. The molecule has 1 fully saturated rings. The van der Waals surface area contributed by atoms with Gasteiger partial charge >= 0.3 is 0 Å². The lowest BCUT2D eigenvalue weighted by molar-refractivity contribution is 0.356. The molecule has 0 unspecified atom stereocenters. The SMILES string of the molecule is Cc1ccnc(Nc2ccc(N3CCN(S(=O)(=O)c4ccc5c(c4)CCO5)CC3)nn2)c1. The van der Waals surface area contributed by atoms with E-state index in [1.165, 1.54) is 4.31 Å². The molecule has 0 radical (unpaired) electrons. The fourth-order valence-electron chi connectivity index (χ4n) is 3.93. The molecule has 2 aliphatic rings. The molecular weight excluding hydrogens is 428 g/mol. The minimum atomic E-state index is -3.54. The van der Waals surface area contributed by atoms with Crippen molar-refractivity contribution in [3.63, 3.8) is 0 Å². The quantitative estimate of drug-likeness (QED) is 0.630. The van der Waals surface area contributed by atoms with Crippen LogP contribution in [-0.2, 0) is 16.4 Å². The number of piperazine rings is 1. The Labute approximate surface area is 187 Å². The second kappa shape index (κ2) is 8.36. The third-order valence-electron chi connectivity index (χ3n) is 5.68. The normalized spacial score (nSPS) is 16.5. The Kier molecular flexibility index (Phi) is 5.40. The van der Waals surface area contributed by atoms with E-state index in [1.807, 2.05) is 36.1 Å². The lowest BCUT2D eigenvalue weighted by Gasteiger charge is -2.34. The number of fused-ring (bicyclic) bond motifs is 1. The van der Waals surface area contributed by atoms with Gasteiger partial charge in [0, 0.05) is 38.8 Å². The zero-order valence-electron chi connectivity index (χ0n) is 17.7. The van der Waals surface area contributed by atoms with Gasteiger partial charge in [0.15, 0.2) is 11.6 Å². The highest BCUT2D eigenvalue weighted by molar-refractivity contribution is 7.89. The van der Waals surface area contributed by atoms with Crippen LogP contribution in [0.4, 0.5) is 17.5 Å². The number of pyridine rings is 1. The molecular formula is C22H24N6O3S. The van der Waals surface area contributed by atoms with Gasteiger partial charge in [0.25, 0.3) is 0 Å². The van der Waals surface area contributed by atoms with Crippen molar-refractivity contribution in [3.05, 3.63) is 59.8 Å². The summed E-state index contributed by atoms with van der Waals surface area (Å²) in [6.07, 6.45) is 2.49. The van der Waals surface area contributed by atoms with Gasteiger partial charge in [0.2, 0.25) is 10.0 Å². The molecule has 0 aliphatic carbocycles. The molecule has 1 saturated heterocycles. The molecule has 0 spiro atoms. The average Bonchev–Trinajstić information content (AvgIpc) is 3.28. The molecule has 10 heteroatoms. The monoisotopic (exact) mass is 452 g/mol. The predicted molar refractivity (Wildman–Crippen MR) is 121 cm³/mol. The molecule has 0 amide bonds. The van der Waals surface area contributed by atoms with Crippen molar-refractivity contribution in [2.24, 2.45) is 0 Å². The number of benzene rings is 1. The van der Waals surface area contributed by atoms with Crippen LogP contribution >= 0.6 is 0 Å². The highest BCUT2D eigenvalue weighted by atomic mass is 32.2. The zero-order chi connectivity index (χ0) is 22.1. The summed E-state index contributed by atoms with van der Waals surface area (Å²) in [4.78, 5) is 6.64. The summed E-state index contributed by atoms with van der Waals surface area (Å²) in [6.45, 7) is 4.49. The minimum absolute atomic E-state index is 0.329. The molecule has 32 heavy (non-hydrogen) atoms. The van der Waals surface area contributed by atoms with Gasteiger partial charge < -0.3 is 15.0 Å². The lowest BCUT2D eigenvalue weighted by Crippen LogP contribution is -2.49. The Morgan fingerprint density at radius 3 is 2.56 bits per heavy atom. The number of hydrogen-bond donors (Lipinski definition) is 1. The Morgan fingerprint density at radius 2 is 1.81 bits per heavy atom. The van der Waals surface area contributed by atoms with Crippen LogP contribution in [0.1, 0.15) is 11.1 Å². The number of sulfonamides is 1. The van der Waals surface area contributed by atoms with Crippen LogP contribution in [0.3, 0.4) is 0 Å². The van der Waals surface area contributed by atoms with E-state index in [4.69, 9.17) is 4.74 Å². The number of hydrogen-bond acceptors (Lipinski definition) is 8. The van der Waals surface area contributed by atoms with Crippen molar-refractivity contribution in [1.29, 1.82) is 0 Å². The van der Waals surface area contributed by atoms with Gasteiger partial charge in [-0.25, -0.2) is 13.4 Å². The van der Waals surface area contributed by atoms with Crippen LogP contribution < -0.4 is 15.0 Å². The minimum Gasteiger partial charge on any atom is -0.493 e. The van der Waals surface area contributed by atoms with Crippen molar-refractivity contribution in [2.75, 3.05) is 43.0 Å². The van der Waals surface area contributed by atoms with Crippen molar-refractivity contribution in [1.82, 2.24) is 19.5 Å². The number of anilines is 3. The van der Waals surface area contributed by atoms with Gasteiger partial charge in [-0.05, 0) is 60.5 Å². The molecule has 0 atom stereocenters. The molecule has 3 aromatic rings. The summed E-state index contributed by atoms with van der Waals surface area (Å²) in [6, 6.07) is 12.7. The van der Waals surface area contributed by atoms with E-state index in [9.17, 15) is 8.42 Å². The maximum absolute atomic E-state index is 13.1. The number of aromatic nitrogens is 3. The smallest absolute Gasteiger partial charge is 0.243 e. The first kappa shape index (κ1) is 20.7. The van der Waals surface area contributed by atoms with E-state index in [0.717, 1.165) is 29.1 Å². The third-order valence-corrected chi connectivity index (χ3v) is 7.58. The molecule has 1 aromatic carbocycles. The largest absolute Gasteiger partial charge is 0.493 e. The first-order valence-corrected chi connectivity index (χ1v) is 12.0. The Morgan fingerprint density at radius 1 is 0.969 bits per heavy atom. The number of nitrogens with zero attached hydrogens (tertiary/aromatic N) is 5. The number of rotatable bonds is 5. The van der Waals surface area contributed by atoms with Crippen molar-refractivity contribution < 1.29 is 13.2 Å². The van der Waals surface area contributed by atoms with Crippen LogP contribution in [-0.4, -0.2) is 60.7 Å². The van der Waals surface area contributed by atoms with Crippen molar-refractivity contribution in [2.45, 2.75) is 18.2 Å². The molecule has 0 saturated carbocycles. The van der Waals surface area contributed by atoms with Gasteiger partial charge in [-0.2, -0.15) is 4.31 Å². The second-order valence-electron chi connectivity index (χ2n) is 7.88. The van der Waals surface area contributed by atoms with E-state index in [-0.39, 0.29) is 0 Å². The first-order chi connectivity index (χ1) is 15.5. The van der Waals surface area contributed by atoms with Gasteiger partial charge in [-0.3, -0.25) is 0 Å². The topological polar surface area (TPSA) is 101 Å². The van der Waals surface area contributed by atoms with Gasteiger partial charge in [-0.15, -0.1) is 10.2 Å². The van der Waals surface area contributed by atoms with Crippen LogP contribution in [0.2, 0.25) is 0 Å². The molecule has 1 N–H and O–H groups in total. The molecule has 2 aliphatic heterocycles. The highest BCUT2D eigenvalue weighted by Gasteiger charge is 2.30. The summed E-state index contributed by atoms with van der Waals surface area (Å²) in [5, 5.41) is 11.7. The highest BCUT2D eigenvalue weighted by Crippen LogP contribution is 2.29. The molecule has 2 aromatic heterocycles. The summed E-state index contributed by atoms with van der Waals surface area (Å²) < 4.78 is 33.2. The van der Waals surface area contributed by atoms with E-state index < -0.39 is 10.0 Å². The van der Waals surface area contributed by atoms with Gasteiger partial charge in [-0.1, -0.05) is 0 Å². The second-order valence-corrected chi connectivity index (χ2v) is 9.82. The number of aryl methyl sites for hydroxylation is 1. The lowest BCUT2D eigenvalue weighted by atomic mass is 10.2. The number of nitrogens with one attached hydrogen (secondary N) is 1.